The minimum Gasteiger partial charge on any atom is -0.496 e. The van der Waals surface area contributed by atoms with Crippen molar-refractivity contribution in [3.63, 3.8) is 0 Å². The minimum absolute atomic E-state index is 0. The van der Waals surface area contributed by atoms with Crippen molar-refractivity contribution in [2.45, 2.75) is 32.1 Å². The van der Waals surface area contributed by atoms with Gasteiger partial charge in [-0.15, -0.1) is 12.4 Å². The predicted molar refractivity (Wildman–Crippen MR) is 74.2 cm³/mol. The molecular formula is C14H22ClNO. The van der Waals surface area contributed by atoms with Crippen LogP contribution in [0.2, 0.25) is 0 Å². The first kappa shape index (κ1) is 14.3. The Morgan fingerprint density at radius 3 is 2.59 bits per heavy atom. The Bertz CT molecular complexity index is 378. The number of benzene rings is 1. The van der Waals surface area contributed by atoms with Crippen molar-refractivity contribution in [3.05, 3.63) is 29.3 Å². The molecule has 3 heteroatoms. The average molecular weight is 256 g/mol. The second-order valence-electron chi connectivity index (χ2n) is 4.96. The van der Waals surface area contributed by atoms with Crippen LogP contribution in [-0.4, -0.2) is 13.7 Å². The number of ether oxygens (including phenoxy) is 1. The molecule has 2 rings (SSSR count). The largest absolute Gasteiger partial charge is 0.496 e. The number of hydrogen-bond acceptors (Lipinski definition) is 2. The molecule has 0 aliphatic heterocycles. The minimum atomic E-state index is 0. The Labute approximate surface area is 110 Å². The maximum absolute atomic E-state index is 5.73. The molecule has 1 aliphatic carbocycles. The Balaban J connectivity index is 0.00000144. The van der Waals surface area contributed by atoms with Gasteiger partial charge in [-0.25, -0.2) is 0 Å². The number of hydrogen-bond donors (Lipinski definition) is 1. The smallest absolute Gasteiger partial charge is 0.122 e. The molecule has 2 N–H and O–H groups in total. The second kappa shape index (κ2) is 5.74. The molecule has 0 aromatic heterocycles. The second-order valence-corrected chi connectivity index (χ2v) is 4.96. The highest BCUT2D eigenvalue weighted by atomic mass is 35.5. The van der Waals surface area contributed by atoms with E-state index in [4.69, 9.17) is 10.5 Å². The summed E-state index contributed by atoms with van der Waals surface area (Å²) < 4.78 is 5.46. The first-order valence-corrected chi connectivity index (χ1v) is 6.05. The zero-order valence-electron chi connectivity index (χ0n) is 10.8. The first-order valence-electron chi connectivity index (χ1n) is 6.05. The van der Waals surface area contributed by atoms with Gasteiger partial charge in [0.05, 0.1) is 7.11 Å². The highest BCUT2D eigenvalue weighted by Gasteiger charge is 2.39. The normalized spacial score (nSPS) is 22.2. The molecule has 0 amide bonds. The number of nitrogens with two attached hydrogens (primary N) is 1. The van der Waals surface area contributed by atoms with E-state index in [1.165, 1.54) is 17.5 Å². The summed E-state index contributed by atoms with van der Waals surface area (Å²) in [5, 5.41) is 0. The van der Waals surface area contributed by atoms with Crippen LogP contribution in [0.15, 0.2) is 18.2 Å². The molecule has 0 radical (unpaired) electrons. The van der Waals surface area contributed by atoms with Crippen LogP contribution in [0.5, 0.6) is 5.75 Å². The third kappa shape index (κ3) is 2.75. The van der Waals surface area contributed by atoms with Gasteiger partial charge in [0, 0.05) is 5.56 Å². The lowest BCUT2D eigenvalue weighted by molar-refractivity contribution is 0.406. The van der Waals surface area contributed by atoms with E-state index in [1.54, 1.807) is 7.11 Å². The van der Waals surface area contributed by atoms with Crippen molar-refractivity contribution in [3.8, 4) is 5.75 Å². The van der Waals surface area contributed by atoms with Crippen molar-refractivity contribution in [1.82, 2.24) is 0 Å². The SMILES string of the molecule is COc1cccc([C@@H]2C[C@H]2CN)c1C(C)C.Cl. The van der Waals surface area contributed by atoms with Crippen LogP contribution in [0, 0.1) is 5.92 Å². The summed E-state index contributed by atoms with van der Waals surface area (Å²) >= 11 is 0. The van der Waals surface area contributed by atoms with Crippen molar-refractivity contribution in [2.75, 3.05) is 13.7 Å². The maximum atomic E-state index is 5.73. The fourth-order valence-corrected chi connectivity index (χ4v) is 2.57. The van der Waals surface area contributed by atoms with Crippen molar-refractivity contribution >= 4 is 12.4 Å². The van der Waals surface area contributed by atoms with Gasteiger partial charge >= 0.3 is 0 Å². The van der Waals surface area contributed by atoms with Crippen LogP contribution < -0.4 is 10.5 Å². The van der Waals surface area contributed by atoms with Gasteiger partial charge in [-0.05, 0) is 42.3 Å². The fraction of sp³-hybridized carbons (Fsp3) is 0.571. The van der Waals surface area contributed by atoms with E-state index in [9.17, 15) is 0 Å². The molecular weight excluding hydrogens is 234 g/mol. The molecule has 0 spiro atoms. The molecule has 0 saturated heterocycles. The highest BCUT2D eigenvalue weighted by molar-refractivity contribution is 5.85. The van der Waals surface area contributed by atoms with Gasteiger partial charge in [0.15, 0.2) is 0 Å². The summed E-state index contributed by atoms with van der Waals surface area (Å²) in [6.45, 7) is 5.25. The molecule has 2 atom stereocenters. The Morgan fingerprint density at radius 1 is 1.41 bits per heavy atom. The van der Waals surface area contributed by atoms with E-state index < -0.39 is 0 Å². The van der Waals surface area contributed by atoms with E-state index in [2.05, 4.69) is 32.0 Å². The fourth-order valence-electron chi connectivity index (χ4n) is 2.57. The van der Waals surface area contributed by atoms with Crippen LogP contribution in [0.3, 0.4) is 0 Å². The molecule has 0 bridgehead atoms. The number of halogens is 1. The van der Waals surface area contributed by atoms with Crippen LogP contribution in [0.4, 0.5) is 0 Å². The molecule has 0 heterocycles. The standard InChI is InChI=1S/C14H21NO.ClH/c1-9(2)14-11(12-7-10(12)8-15)5-4-6-13(14)16-3;/h4-6,9-10,12H,7-8,15H2,1-3H3;1H/t10-,12+;/m0./s1. The quantitative estimate of drug-likeness (QED) is 0.896. The van der Waals surface area contributed by atoms with Gasteiger partial charge < -0.3 is 10.5 Å². The van der Waals surface area contributed by atoms with Crippen molar-refractivity contribution in [1.29, 1.82) is 0 Å². The Morgan fingerprint density at radius 2 is 2.12 bits per heavy atom. The average Bonchev–Trinajstić information content (AvgIpc) is 3.06. The summed E-state index contributed by atoms with van der Waals surface area (Å²) in [4.78, 5) is 0. The molecule has 0 unspecified atom stereocenters. The molecule has 96 valence electrons. The molecule has 1 aliphatic rings. The van der Waals surface area contributed by atoms with Crippen molar-refractivity contribution in [2.24, 2.45) is 11.7 Å². The van der Waals surface area contributed by atoms with Gasteiger partial charge in [0.25, 0.3) is 0 Å². The summed E-state index contributed by atoms with van der Waals surface area (Å²) in [6.07, 6.45) is 1.24. The van der Waals surface area contributed by atoms with Crippen molar-refractivity contribution < 1.29 is 4.74 Å². The van der Waals surface area contributed by atoms with E-state index in [0.29, 0.717) is 17.8 Å². The van der Waals surface area contributed by atoms with Gasteiger partial charge in [-0.1, -0.05) is 26.0 Å². The molecule has 17 heavy (non-hydrogen) atoms. The lowest BCUT2D eigenvalue weighted by atomic mass is 9.92. The summed E-state index contributed by atoms with van der Waals surface area (Å²) in [5.74, 6) is 2.88. The third-order valence-electron chi connectivity index (χ3n) is 3.52. The van der Waals surface area contributed by atoms with E-state index in [1.807, 2.05) is 0 Å². The number of methoxy groups -OCH3 is 1. The van der Waals surface area contributed by atoms with E-state index in [0.717, 1.165) is 12.3 Å². The van der Waals surface area contributed by atoms with Gasteiger partial charge in [-0.2, -0.15) is 0 Å². The summed E-state index contributed by atoms with van der Waals surface area (Å²) in [6, 6.07) is 6.38. The van der Waals surface area contributed by atoms with Gasteiger partial charge in [0.1, 0.15) is 5.75 Å². The topological polar surface area (TPSA) is 35.2 Å². The van der Waals surface area contributed by atoms with Crippen LogP contribution in [0.25, 0.3) is 0 Å². The maximum Gasteiger partial charge on any atom is 0.122 e. The molecule has 2 nitrogen and oxygen atoms in total. The summed E-state index contributed by atoms with van der Waals surface area (Å²) in [7, 11) is 1.75. The van der Waals surface area contributed by atoms with Gasteiger partial charge in [-0.3, -0.25) is 0 Å². The highest BCUT2D eigenvalue weighted by Crippen LogP contribution is 2.50. The molecule has 1 aromatic rings. The molecule has 1 aromatic carbocycles. The third-order valence-corrected chi connectivity index (χ3v) is 3.52. The van der Waals surface area contributed by atoms with Crippen LogP contribution in [-0.2, 0) is 0 Å². The first-order chi connectivity index (χ1) is 7.69. The molecule has 1 fully saturated rings. The monoisotopic (exact) mass is 255 g/mol. The lowest BCUT2D eigenvalue weighted by Crippen LogP contribution is -2.04. The van der Waals surface area contributed by atoms with E-state index >= 15 is 0 Å². The van der Waals surface area contributed by atoms with Gasteiger partial charge in [0.2, 0.25) is 0 Å². The zero-order chi connectivity index (χ0) is 11.7. The van der Waals surface area contributed by atoms with Crippen LogP contribution >= 0.6 is 12.4 Å². The Hall–Kier alpha value is -0.730. The van der Waals surface area contributed by atoms with E-state index in [-0.39, 0.29) is 12.4 Å². The zero-order valence-corrected chi connectivity index (χ0v) is 11.6. The number of rotatable bonds is 4. The predicted octanol–water partition coefficient (Wildman–Crippen LogP) is 3.30. The van der Waals surface area contributed by atoms with Crippen LogP contribution in [0.1, 0.15) is 43.2 Å². The molecule has 1 saturated carbocycles. The summed E-state index contributed by atoms with van der Waals surface area (Å²) in [5.41, 5.74) is 8.54. The Kier molecular flexibility index (Phi) is 4.84. The lowest BCUT2D eigenvalue weighted by Gasteiger charge is -2.16.